The number of benzene rings is 3. The number of carboxylic acid groups (broad SMARTS) is 1. The van der Waals surface area contributed by atoms with E-state index < -0.39 is 11.9 Å². The number of rotatable bonds is 8. The van der Waals surface area contributed by atoms with E-state index in [9.17, 15) is 14.7 Å². The molecule has 1 aliphatic rings. The first-order valence-corrected chi connectivity index (χ1v) is 12.9. The second-order valence-corrected chi connectivity index (χ2v) is 9.63. The number of thioether (sulfide) groups is 1. The van der Waals surface area contributed by atoms with Crippen LogP contribution < -0.4 is 14.8 Å². The van der Waals surface area contributed by atoms with Crippen molar-refractivity contribution < 1.29 is 24.2 Å². The Morgan fingerprint density at radius 3 is 2.63 bits per heavy atom. The Hall–Kier alpha value is -2.87. The predicted molar refractivity (Wildman–Crippen MR) is 138 cm³/mol. The van der Waals surface area contributed by atoms with Crippen molar-refractivity contribution >= 4 is 46.8 Å². The third kappa shape index (κ3) is 6.04. The van der Waals surface area contributed by atoms with E-state index in [1.165, 1.54) is 0 Å². The molecule has 3 aromatic rings. The van der Waals surface area contributed by atoms with Crippen LogP contribution in [-0.4, -0.2) is 36.4 Å². The SMILES string of the molecule is CSc1cc(Cl)ccc1CCNC(=O)c1ccc(Oc2cc3c(cc2Cl)C(C(=O)O)CCO3)cc1. The Labute approximate surface area is 217 Å². The maximum absolute atomic E-state index is 12.5. The molecule has 0 spiro atoms. The van der Waals surface area contributed by atoms with Gasteiger partial charge in [-0.15, -0.1) is 11.8 Å². The number of carbonyl (C=O) groups is 2. The summed E-state index contributed by atoms with van der Waals surface area (Å²) in [6.45, 7) is 0.805. The molecule has 35 heavy (non-hydrogen) atoms. The molecule has 1 heterocycles. The van der Waals surface area contributed by atoms with Crippen LogP contribution in [0.25, 0.3) is 0 Å². The Morgan fingerprint density at radius 2 is 1.91 bits per heavy atom. The van der Waals surface area contributed by atoms with Gasteiger partial charge in [0.25, 0.3) is 5.91 Å². The number of nitrogens with one attached hydrogen (secondary N) is 1. The van der Waals surface area contributed by atoms with Gasteiger partial charge in [-0.2, -0.15) is 0 Å². The maximum atomic E-state index is 12.5. The van der Waals surface area contributed by atoms with E-state index in [1.54, 1.807) is 48.2 Å². The molecule has 0 aliphatic carbocycles. The van der Waals surface area contributed by atoms with Crippen LogP contribution >= 0.6 is 35.0 Å². The van der Waals surface area contributed by atoms with E-state index in [0.29, 0.717) is 59.4 Å². The molecule has 182 valence electrons. The standard InChI is InChI=1S/C26H23Cl2NO5S/c1-35-24-12-17(27)5-2-15(24)8-10-29-25(30)16-3-6-18(7-4-16)34-23-14-22-20(13-21(23)28)19(26(31)32)9-11-33-22/h2-7,12-14,19H,8-11H2,1H3,(H,29,30)(H,31,32). The van der Waals surface area contributed by atoms with Crippen molar-refractivity contribution in [2.24, 2.45) is 0 Å². The first-order valence-electron chi connectivity index (χ1n) is 10.9. The molecule has 0 saturated heterocycles. The Bertz CT molecular complexity index is 1250. The molecule has 0 saturated carbocycles. The first-order chi connectivity index (χ1) is 16.9. The lowest BCUT2D eigenvalue weighted by Gasteiger charge is -2.24. The van der Waals surface area contributed by atoms with Crippen molar-refractivity contribution in [3.8, 4) is 17.2 Å². The van der Waals surface area contributed by atoms with E-state index in [1.807, 2.05) is 24.5 Å². The molecule has 6 nitrogen and oxygen atoms in total. The number of amides is 1. The minimum atomic E-state index is -0.911. The quantitative estimate of drug-likeness (QED) is 0.325. The van der Waals surface area contributed by atoms with Gasteiger partial charge < -0.3 is 19.9 Å². The smallest absolute Gasteiger partial charge is 0.311 e. The molecule has 1 unspecified atom stereocenters. The minimum absolute atomic E-state index is 0.184. The van der Waals surface area contributed by atoms with Gasteiger partial charge in [-0.3, -0.25) is 9.59 Å². The Morgan fingerprint density at radius 1 is 1.14 bits per heavy atom. The first kappa shape index (κ1) is 25.2. The summed E-state index contributed by atoms with van der Waals surface area (Å²) in [4.78, 5) is 25.1. The highest BCUT2D eigenvalue weighted by Crippen LogP contribution is 2.41. The predicted octanol–water partition coefficient (Wildman–Crippen LogP) is 6.43. The highest BCUT2D eigenvalue weighted by Gasteiger charge is 2.29. The lowest BCUT2D eigenvalue weighted by Crippen LogP contribution is -2.25. The van der Waals surface area contributed by atoms with Gasteiger partial charge in [0.05, 0.1) is 17.5 Å². The molecule has 0 radical (unpaired) electrons. The number of carboxylic acids is 1. The van der Waals surface area contributed by atoms with Crippen LogP contribution in [0.1, 0.15) is 33.8 Å². The van der Waals surface area contributed by atoms with Crippen molar-refractivity contribution in [1.29, 1.82) is 0 Å². The highest BCUT2D eigenvalue weighted by atomic mass is 35.5. The molecule has 0 fully saturated rings. The second kappa shape index (κ2) is 11.2. The van der Waals surface area contributed by atoms with Crippen molar-refractivity contribution in [3.63, 3.8) is 0 Å². The fraction of sp³-hybridized carbons (Fsp3) is 0.231. The number of ether oxygens (including phenoxy) is 2. The second-order valence-electron chi connectivity index (χ2n) is 7.94. The number of halogens is 2. The summed E-state index contributed by atoms with van der Waals surface area (Å²) >= 11 is 14.0. The maximum Gasteiger partial charge on any atom is 0.311 e. The van der Waals surface area contributed by atoms with Gasteiger partial charge in [-0.1, -0.05) is 29.3 Å². The van der Waals surface area contributed by atoms with Crippen LogP contribution in [0, 0.1) is 0 Å². The lowest BCUT2D eigenvalue weighted by molar-refractivity contribution is -0.139. The molecule has 1 amide bonds. The minimum Gasteiger partial charge on any atom is -0.493 e. The monoisotopic (exact) mass is 531 g/mol. The van der Waals surface area contributed by atoms with E-state index in [-0.39, 0.29) is 10.9 Å². The number of carbonyl (C=O) groups excluding carboxylic acids is 1. The Kier molecular flexibility index (Phi) is 8.11. The largest absolute Gasteiger partial charge is 0.493 e. The van der Waals surface area contributed by atoms with Crippen molar-refractivity contribution in [3.05, 3.63) is 81.3 Å². The van der Waals surface area contributed by atoms with Crippen molar-refractivity contribution in [1.82, 2.24) is 5.32 Å². The zero-order chi connectivity index (χ0) is 24.9. The number of aliphatic carboxylic acids is 1. The van der Waals surface area contributed by atoms with Gasteiger partial charge in [-0.05, 0) is 67.1 Å². The molecular formula is C26H23Cl2NO5S. The van der Waals surface area contributed by atoms with Crippen molar-refractivity contribution in [2.75, 3.05) is 19.4 Å². The fourth-order valence-electron chi connectivity index (χ4n) is 3.86. The number of fused-ring (bicyclic) bond motifs is 1. The van der Waals surface area contributed by atoms with Gasteiger partial charge in [0.15, 0.2) is 0 Å². The van der Waals surface area contributed by atoms with Gasteiger partial charge >= 0.3 is 5.97 Å². The zero-order valence-corrected chi connectivity index (χ0v) is 21.2. The normalized spacial score (nSPS) is 14.5. The van der Waals surface area contributed by atoms with Crippen LogP contribution in [0.3, 0.4) is 0 Å². The van der Waals surface area contributed by atoms with Gasteiger partial charge in [0, 0.05) is 33.7 Å². The molecule has 0 bridgehead atoms. The fourth-order valence-corrected chi connectivity index (χ4v) is 4.99. The van der Waals surface area contributed by atoms with Gasteiger partial charge in [0.1, 0.15) is 17.2 Å². The summed E-state index contributed by atoms with van der Waals surface area (Å²) in [7, 11) is 0. The molecule has 4 rings (SSSR count). The van der Waals surface area contributed by atoms with Gasteiger partial charge in [0.2, 0.25) is 0 Å². The Balaban J connectivity index is 1.38. The zero-order valence-electron chi connectivity index (χ0n) is 18.8. The van der Waals surface area contributed by atoms with E-state index in [0.717, 1.165) is 10.5 Å². The van der Waals surface area contributed by atoms with E-state index in [4.69, 9.17) is 32.7 Å². The summed E-state index contributed by atoms with van der Waals surface area (Å²) in [5, 5.41) is 13.3. The average Bonchev–Trinajstić information content (AvgIpc) is 2.85. The summed E-state index contributed by atoms with van der Waals surface area (Å²) < 4.78 is 11.5. The lowest BCUT2D eigenvalue weighted by atomic mass is 9.93. The average molecular weight is 532 g/mol. The molecule has 3 aromatic carbocycles. The van der Waals surface area contributed by atoms with E-state index >= 15 is 0 Å². The van der Waals surface area contributed by atoms with Gasteiger partial charge in [-0.25, -0.2) is 0 Å². The summed E-state index contributed by atoms with van der Waals surface area (Å²) in [5.41, 5.74) is 2.17. The topological polar surface area (TPSA) is 84.9 Å². The molecule has 1 aliphatic heterocycles. The molecule has 9 heteroatoms. The molecule has 2 N–H and O–H groups in total. The summed E-state index contributed by atoms with van der Waals surface area (Å²) in [6, 6.07) is 15.6. The van der Waals surface area contributed by atoms with Crippen LogP contribution in [0.2, 0.25) is 10.0 Å². The van der Waals surface area contributed by atoms with Crippen LogP contribution in [-0.2, 0) is 11.2 Å². The number of hydrogen-bond acceptors (Lipinski definition) is 5. The van der Waals surface area contributed by atoms with Crippen LogP contribution in [0.5, 0.6) is 17.2 Å². The van der Waals surface area contributed by atoms with Crippen molar-refractivity contribution in [2.45, 2.75) is 23.7 Å². The third-order valence-corrected chi connectivity index (χ3v) is 7.03. The third-order valence-electron chi connectivity index (χ3n) is 5.68. The van der Waals surface area contributed by atoms with Crippen LogP contribution in [0.15, 0.2) is 59.5 Å². The molecular weight excluding hydrogens is 509 g/mol. The van der Waals surface area contributed by atoms with E-state index in [2.05, 4.69) is 5.32 Å². The molecule has 1 atom stereocenters. The highest BCUT2D eigenvalue weighted by molar-refractivity contribution is 7.98. The summed E-state index contributed by atoms with van der Waals surface area (Å²) in [5.74, 6) is -0.470. The molecule has 0 aromatic heterocycles. The van der Waals surface area contributed by atoms with Crippen LogP contribution in [0.4, 0.5) is 0 Å². The number of hydrogen-bond donors (Lipinski definition) is 2. The summed E-state index contributed by atoms with van der Waals surface area (Å²) in [6.07, 6.45) is 3.08.